The van der Waals surface area contributed by atoms with Crippen molar-refractivity contribution in [1.82, 2.24) is 24.7 Å². The molecule has 3 aromatic rings. The maximum atomic E-state index is 10.1. The van der Waals surface area contributed by atoms with Gasteiger partial charge < -0.3 is 9.84 Å². The Morgan fingerprint density at radius 1 is 1.14 bits per heavy atom. The van der Waals surface area contributed by atoms with Crippen LogP contribution in [0.2, 0.25) is 0 Å². The summed E-state index contributed by atoms with van der Waals surface area (Å²) in [5.41, 5.74) is 3.13. The van der Waals surface area contributed by atoms with Crippen molar-refractivity contribution in [3.8, 4) is 17.0 Å². The first-order valence-electron chi connectivity index (χ1n) is 9.46. The van der Waals surface area contributed by atoms with Gasteiger partial charge in [0.1, 0.15) is 5.82 Å². The lowest BCUT2D eigenvalue weighted by atomic mass is 9.93. The van der Waals surface area contributed by atoms with Gasteiger partial charge in [0.25, 0.3) is 0 Å². The molecule has 0 aliphatic carbocycles. The summed E-state index contributed by atoms with van der Waals surface area (Å²) in [5.74, 6) is 1.62. The van der Waals surface area contributed by atoms with Crippen molar-refractivity contribution in [2.75, 3.05) is 6.61 Å². The number of hydrogen-bond donors (Lipinski definition) is 1. The van der Waals surface area contributed by atoms with E-state index in [-0.39, 0.29) is 11.8 Å². The molecule has 28 heavy (non-hydrogen) atoms. The van der Waals surface area contributed by atoms with Crippen molar-refractivity contribution >= 4 is 0 Å². The summed E-state index contributed by atoms with van der Waals surface area (Å²) < 4.78 is 7.80. The minimum absolute atomic E-state index is 0.239. The Morgan fingerprint density at radius 3 is 2.61 bits per heavy atom. The van der Waals surface area contributed by atoms with Gasteiger partial charge in [-0.3, -0.25) is 9.67 Å². The molecule has 7 nitrogen and oxygen atoms in total. The summed E-state index contributed by atoms with van der Waals surface area (Å²) in [6.07, 6.45) is 4.69. The minimum Gasteiger partial charge on any atom is -0.477 e. The molecule has 3 aromatic heterocycles. The summed E-state index contributed by atoms with van der Waals surface area (Å²) in [5, 5.41) is 14.4. The van der Waals surface area contributed by atoms with Crippen LogP contribution in [0.4, 0.5) is 0 Å². The van der Waals surface area contributed by atoms with E-state index in [1.807, 2.05) is 44.6 Å². The average Bonchev–Trinajstić information content (AvgIpc) is 3.08. The molecular formula is C21H27N5O2. The van der Waals surface area contributed by atoms with Crippen LogP contribution in [0.1, 0.15) is 50.0 Å². The lowest BCUT2D eigenvalue weighted by Crippen LogP contribution is -2.17. The summed E-state index contributed by atoms with van der Waals surface area (Å²) in [6, 6.07) is 5.95. The van der Waals surface area contributed by atoms with E-state index in [0.717, 1.165) is 16.8 Å². The fourth-order valence-electron chi connectivity index (χ4n) is 3.06. The molecule has 3 rings (SSSR count). The summed E-state index contributed by atoms with van der Waals surface area (Å²) in [6.45, 7) is 8.30. The molecule has 0 bridgehead atoms. The first kappa shape index (κ1) is 19.9. The van der Waals surface area contributed by atoms with Crippen molar-refractivity contribution in [2.45, 2.75) is 39.7 Å². The van der Waals surface area contributed by atoms with Crippen molar-refractivity contribution in [3.63, 3.8) is 0 Å². The lowest BCUT2D eigenvalue weighted by Gasteiger charge is -2.20. The Bertz CT molecular complexity index is 924. The first-order chi connectivity index (χ1) is 13.4. The number of aryl methyl sites for hydroxylation is 2. The fourth-order valence-corrected chi connectivity index (χ4v) is 3.06. The standard InChI is InChI=1S/C21H27N5O2/c1-13(14(2)19-8-6-7-9-22-19)12-28-21-17(10-23-16(4)24-21)18-11-26(5)25-20(18)15(3)27/h6-11,13-15,27H,12H2,1-5H3/t13-,14+,15?/m1/s1. The van der Waals surface area contributed by atoms with Gasteiger partial charge in [-0.05, 0) is 31.9 Å². The second kappa shape index (κ2) is 8.48. The Hall–Kier alpha value is -2.80. The molecule has 3 atom stereocenters. The van der Waals surface area contributed by atoms with Gasteiger partial charge in [-0.25, -0.2) is 4.98 Å². The summed E-state index contributed by atoms with van der Waals surface area (Å²) >= 11 is 0. The van der Waals surface area contributed by atoms with Crippen LogP contribution < -0.4 is 4.74 Å². The van der Waals surface area contributed by atoms with Gasteiger partial charge in [0.15, 0.2) is 0 Å². The Kier molecular flexibility index (Phi) is 6.04. The molecule has 0 amide bonds. The van der Waals surface area contributed by atoms with Crippen LogP contribution in [0.3, 0.4) is 0 Å². The summed E-state index contributed by atoms with van der Waals surface area (Å²) in [7, 11) is 1.82. The number of aliphatic hydroxyl groups is 1. The van der Waals surface area contributed by atoms with E-state index in [2.05, 4.69) is 33.9 Å². The zero-order valence-corrected chi connectivity index (χ0v) is 17.0. The molecule has 0 aromatic carbocycles. The van der Waals surface area contributed by atoms with Gasteiger partial charge in [-0.1, -0.05) is 19.9 Å². The number of pyridine rings is 1. The van der Waals surface area contributed by atoms with E-state index in [0.29, 0.717) is 24.0 Å². The Labute approximate surface area is 165 Å². The number of aliphatic hydroxyl groups excluding tert-OH is 1. The van der Waals surface area contributed by atoms with Gasteiger partial charge in [0.05, 0.1) is 24.0 Å². The normalized spacial score (nSPS) is 14.5. The molecule has 1 N–H and O–H groups in total. The number of rotatable bonds is 7. The Balaban J connectivity index is 1.84. The van der Waals surface area contributed by atoms with E-state index >= 15 is 0 Å². The zero-order valence-electron chi connectivity index (χ0n) is 17.0. The third-order valence-electron chi connectivity index (χ3n) is 4.91. The van der Waals surface area contributed by atoms with E-state index < -0.39 is 6.10 Å². The highest BCUT2D eigenvalue weighted by Crippen LogP contribution is 2.33. The quantitative estimate of drug-likeness (QED) is 0.675. The van der Waals surface area contributed by atoms with Crippen LogP contribution in [0, 0.1) is 12.8 Å². The lowest BCUT2D eigenvalue weighted by molar-refractivity contribution is 0.194. The van der Waals surface area contributed by atoms with Gasteiger partial charge in [-0.15, -0.1) is 0 Å². The smallest absolute Gasteiger partial charge is 0.224 e. The number of ether oxygens (including phenoxy) is 1. The molecule has 0 saturated carbocycles. The topological polar surface area (TPSA) is 86.0 Å². The van der Waals surface area contributed by atoms with Crippen LogP contribution in [-0.2, 0) is 7.05 Å². The maximum Gasteiger partial charge on any atom is 0.224 e. The molecule has 0 fully saturated rings. The third-order valence-corrected chi connectivity index (χ3v) is 4.91. The predicted molar refractivity (Wildman–Crippen MR) is 107 cm³/mol. The fraction of sp³-hybridized carbons (Fsp3) is 0.429. The maximum absolute atomic E-state index is 10.1. The largest absolute Gasteiger partial charge is 0.477 e. The molecule has 0 aliphatic heterocycles. The van der Waals surface area contributed by atoms with Gasteiger partial charge >= 0.3 is 0 Å². The zero-order chi connectivity index (χ0) is 20.3. The number of nitrogens with zero attached hydrogens (tertiary/aromatic N) is 5. The number of hydrogen-bond acceptors (Lipinski definition) is 6. The third kappa shape index (κ3) is 4.36. The van der Waals surface area contributed by atoms with Gasteiger partial charge in [-0.2, -0.15) is 10.1 Å². The summed E-state index contributed by atoms with van der Waals surface area (Å²) in [4.78, 5) is 13.3. The Morgan fingerprint density at radius 2 is 1.93 bits per heavy atom. The highest BCUT2D eigenvalue weighted by Gasteiger charge is 2.21. The molecule has 0 radical (unpaired) electrons. The van der Waals surface area contributed by atoms with Crippen LogP contribution in [-0.4, -0.2) is 36.4 Å². The van der Waals surface area contributed by atoms with E-state index in [1.54, 1.807) is 17.8 Å². The van der Waals surface area contributed by atoms with Crippen LogP contribution in [0.25, 0.3) is 11.1 Å². The molecule has 7 heteroatoms. The van der Waals surface area contributed by atoms with Crippen LogP contribution >= 0.6 is 0 Å². The molecule has 0 saturated heterocycles. The molecule has 1 unspecified atom stereocenters. The van der Waals surface area contributed by atoms with E-state index in [1.165, 1.54) is 0 Å². The SMILES string of the molecule is Cc1ncc(-c2cn(C)nc2C(C)O)c(OC[C@@H](C)[C@H](C)c2ccccn2)n1. The van der Waals surface area contributed by atoms with Crippen molar-refractivity contribution in [3.05, 3.63) is 54.0 Å². The van der Waals surface area contributed by atoms with Crippen molar-refractivity contribution in [1.29, 1.82) is 0 Å². The first-order valence-corrected chi connectivity index (χ1v) is 9.46. The highest BCUT2D eigenvalue weighted by atomic mass is 16.5. The van der Waals surface area contributed by atoms with Gasteiger partial charge in [0.2, 0.25) is 5.88 Å². The van der Waals surface area contributed by atoms with Gasteiger partial charge in [0, 0.05) is 42.8 Å². The molecule has 0 aliphatic rings. The molecular weight excluding hydrogens is 354 g/mol. The van der Waals surface area contributed by atoms with Crippen molar-refractivity contribution in [2.24, 2.45) is 13.0 Å². The minimum atomic E-state index is -0.701. The van der Waals surface area contributed by atoms with Crippen LogP contribution in [0.15, 0.2) is 36.8 Å². The number of aromatic nitrogens is 5. The molecule has 3 heterocycles. The molecule has 0 spiro atoms. The second-order valence-electron chi connectivity index (χ2n) is 7.25. The monoisotopic (exact) mass is 381 g/mol. The second-order valence-corrected chi connectivity index (χ2v) is 7.25. The predicted octanol–water partition coefficient (Wildman–Crippen LogP) is 3.45. The molecule has 148 valence electrons. The van der Waals surface area contributed by atoms with Crippen LogP contribution in [0.5, 0.6) is 5.88 Å². The highest BCUT2D eigenvalue weighted by molar-refractivity contribution is 5.69. The van der Waals surface area contributed by atoms with Crippen molar-refractivity contribution < 1.29 is 9.84 Å². The van der Waals surface area contributed by atoms with E-state index in [9.17, 15) is 5.11 Å². The van der Waals surface area contributed by atoms with E-state index in [4.69, 9.17) is 4.74 Å². The average molecular weight is 381 g/mol.